The Morgan fingerprint density at radius 3 is 2.70 bits per heavy atom. The summed E-state index contributed by atoms with van der Waals surface area (Å²) in [6.07, 6.45) is 0. The highest BCUT2D eigenvalue weighted by Crippen LogP contribution is 2.36. The van der Waals surface area contributed by atoms with Crippen molar-refractivity contribution in [1.29, 1.82) is 0 Å². The lowest BCUT2D eigenvalue weighted by Crippen LogP contribution is -2.08. The van der Waals surface area contributed by atoms with Gasteiger partial charge in [-0.2, -0.15) is 0 Å². The third-order valence-corrected chi connectivity index (χ3v) is 4.35. The van der Waals surface area contributed by atoms with Gasteiger partial charge in [-0.3, -0.25) is 4.98 Å². The molecule has 0 unspecified atom stereocenters. The fraction of sp³-hybridized carbons (Fsp3) is 0.214. The van der Waals surface area contributed by atoms with E-state index in [2.05, 4.69) is 9.97 Å². The molecule has 0 radical (unpaired) electrons. The number of aromatic nitrogens is 2. The van der Waals surface area contributed by atoms with Crippen LogP contribution in [0.15, 0.2) is 11.4 Å². The van der Waals surface area contributed by atoms with Crippen molar-refractivity contribution in [3.05, 3.63) is 33.6 Å². The Labute approximate surface area is 124 Å². The van der Waals surface area contributed by atoms with Crippen LogP contribution in [0.1, 0.15) is 21.7 Å². The average Bonchev–Trinajstić information content (AvgIpc) is 2.85. The number of methoxy groups -OCH3 is 1. The molecule has 3 heterocycles. The van der Waals surface area contributed by atoms with E-state index in [1.54, 1.807) is 6.92 Å². The van der Waals surface area contributed by atoms with E-state index in [0.717, 1.165) is 21.3 Å². The molecule has 0 atom stereocenters. The van der Waals surface area contributed by atoms with Gasteiger partial charge in [0.2, 0.25) is 0 Å². The molecule has 3 aromatic rings. The first-order chi connectivity index (χ1) is 9.54. The van der Waals surface area contributed by atoms with Gasteiger partial charge >= 0.3 is 5.97 Å². The van der Waals surface area contributed by atoms with E-state index in [0.29, 0.717) is 21.8 Å². The minimum absolute atomic E-state index is 0.366. The largest absolute Gasteiger partial charge is 0.465 e. The molecule has 0 saturated carbocycles. The molecule has 0 N–H and O–H groups in total. The van der Waals surface area contributed by atoms with Crippen LogP contribution in [0.2, 0.25) is 5.15 Å². The van der Waals surface area contributed by atoms with Gasteiger partial charge < -0.3 is 4.74 Å². The van der Waals surface area contributed by atoms with Crippen LogP contribution in [0.3, 0.4) is 0 Å². The molecule has 3 aromatic heterocycles. The van der Waals surface area contributed by atoms with Crippen molar-refractivity contribution in [3.63, 3.8) is 0 Å². The number of hydrogen-bond donors (Lipinski definition) is 0. The second-order valence-electron chi connectivity index (χ2n) is 4.44. The van der Waals surface area contributed by atoms with Gasteiger partial charge in [0.15, 0.2) is 0 Å². The summed E-state index contributed by atoms with van der Waals surface area (Å²) in [5.41, 5.74) is 1.85. The Bertz CT molecular complexity index is 857. The third kappa shape index (κ3) is 1.77. The predicted molar refractivity (Wildman–Crippen MR) is 80.7 cm³/mol. The summed E-state index contributed by atoms with van der Waals surface area (Å²) in [5.74, 6) is -0.408. The van der Waals surface area contributed by atoms with Crippen LogP contribution in [0.4, 0.5) is 0 Å². The quantitative estimate of drug-likeness (QED) is 0.505. The average molecular weight is 307 g/mol. The Kier molecular flexibility index (Phi) is 3.11. The summed E-state index contributed by atoms with van der Waals surface area (Å²) in [6, 6.07) is 1.94. The summed E-state index contributed by atoms with van der Waals surface area (Å²) in [5, 5.41) is 4.69. The maximum Gasteiger partial charge on any atom is 0.340 e. The number of ether oxygens (including phenoxy) is 1. The highest BCUT2D eigenvalue weighted by atomic mass is 35.5. The first-order valence-corrected chi connectivity index (χ1v) is 7.22. The van der Waals surface area contributed by atoms with Crippen LogP contribution >= 0.6 is 22.9 Å². The topological polar surface area (TPSA) is 52.1 Å². The number of nitrogens with zero attached hydrogens (tertiary/aromatic N) is 2. The maximum absolute atomic E-state index is 12.1. The van der Waals surface area contributed by atoms with Gasteiger partial charge in [0, 0.05) is 21.9 Å². The highest BCUT2D eigenvalue weighted by molar-refractivity contribution is 7.16. The molecular formula is C14H11ClN2O2S. The van der Waals surface area contributed by atoms with Gasteiger partial charge in [-0.05, 0) is 25.3 Å². The second-order valence-corrected chi connectivity index (χ2v) is 5.69. The lowest BCUT2D eigenvalue weighted by molar-refractivity contribution is 0.0602. The highest BCUT2D eigenvalue weighted by Gasteiger charge is 2.21. The van der Waals surface area contributed by atoms with Crippen molar-refractivity contribution in [1.82, 2.24) is 9.97 Å². The molecule has 6 heteroatoms. The molecule has 0 amide bonds. The molecule has 4 nitrogen and oxygen atoms in total. The minimum atomic E-state index is -0.408. The molecule has 0 bridgehead atoms. The smallest absolute Gasteiger partial charge is 0.340 e. The van der Waals surface area contributed by atoms with E-state index < -0.39 is 5.97 Å². The maximum atomic E-state index is 12.1. The molecule has 3 rings (SSSR count). The number of aryl methyl sites for hydroxylation is 2. The van der Waals surface area contributed by atoms with E-state index >= 15 is 0 Å². The second kappa shape index (κ2) is 4.68. The number of rotatable bonds is 1. The van der Waals surface area contributed by atoms with Crippen molar-refractivity contribution in [2.45, 2.75) is 13.8 Å². The normalized spacial score (nSPS) is 11.2. The fourth-order valence-corrected chi connectivity index (χ4v) is 3.59. The van der Waals surface area contributed by atoms with Crippen LogP contribution in [-0.4, -0.2) is 23.0 Å². The van der Waals surface area contributed by atoms with E-state index in [9.17, 15) is 4.79 Å². The zero-order valence-electron chi connectivity index (χ0n) is 11.2. The molecule has 0 aromatic carbocycles. The summed E-state index contributed by atoms with van der Waals surface area (Å²) >= 11 is 7.76. The van der Waals surface area contributed by atoms with Crippen LogP contribution in [0.5, 0.6) is 0 Å². The minimum Gasteiger partial charge on any atom is -0.465 e. The Morgan fingerprint density at radius 2 is 2.00 bits per heavy atom. The number of esters is 1. The molecule has 0 fully saturated rings. The number of hydrogen-bond acceptors (Lipinski definition) is 5. The number of pyridine rings is 2. The molecule has 102 valence electrons. The van der Waals surface area contributed by atoms with Crippen LogP contribution < -0.4 is 0 Å². The monoisotopic (exact) mass is 306 g/mol. The SMILES string of the molecule is COC(=O)c1c(C)nc(C)c2c(Cl)nc3sccc3c12. The lowest BCUT2D eigenvalue weighted by Gasteiger charge is -2.12. The zero-order chi connectivity index (χ0) is 14.4. The fourth-order valence-electron chi connectivity index (χ4n) is 2.45. The molecule has 0 aliphatic heterocycles. The Balaban J connectivity index is 2.64. The zero-order valence-corrected chi connectivity index (χ0v) is 12.7. The molecule has 0 aliphatic carbocycles. The predicted octanol–water partition coefficient (Wildman–Crippen LogP) is 3.90. The summed E-state index contributed by atoms with van der Waals surface area (Å²) in [4.78, 5) is 21.7. The summed E-state index contributed by atoms with van der Waals surface area (Å²) in [7, 11) is 1.36. The van der Waals surface area contributed by atoms with Gasteiger partial charge in [0.05, 0.1) is 18.4 Å². The van der Waals surface area contributed by atoms with Crippen molar-refractivity contribution in [2.24, 2.45) is 0 Å². The molecular weight excluding hydrogens is 296 g/mol. The molecule has 0 aliphatic rings. The Morgan fingerprint density at radius 1 is 1.25 bits per heavy atom. The summed E-state index contributed by atoms with van der Waals surface area (Å²) < 4.78 is 4.89. The van der Waals surface area contributed by atoms with Gasteiger partial charge in [-0.25, -0.2) is 9.78 Å². The van der Waals surface area contributed by atoms with Crippen LogP contribution in [0.25, 0.3) is 21.0 Å². The van der Waals surface area contributed by atoms with Crippen molar-refractivity contribution >= 4 is 49.9 Å². The van der Waals surface area contributed by atoms with E-state index in [1.165, 1.54) is 18.4 Å². The van der Waals surface area contributed by atoms with E-state index in [4.69, 9.17) is 16.3 Å². The van der Waals surface area contributed by atoms with Crippen LogP contribution in [0, 0.1) is 13.8 Å². The molecule has 20 heavy (non-hydrogen) atoms. The van der Waals surface area contributed by atoms with Crippen molar-refractivity contribution in [2.75, 3.05) is 7.11 Å². The Hall–Kier alpha value is -1.72. The first kappa shape index (κ1) is 13.3. The standard InChI is InChI=1S/C14H11ClN2O2S/c1-6-9-11(10(7(2)16-6)14(18)19-3)8-4-5-20-13(8)17-12(9)15/h4-5H,1-3H3. The van der Waals surface area contributed by atoms with Gasteiger partial charge in [0.25, 0.3) is 0 Å². The number of halogens is 1. The van der Waals surface area contributed by atoms with Gasteiger partial charge in [0.1, 0.15) is 9.98 Å². The summed E-state index contributed by atoms with van der Waals surface area (Å²) in [6.45, 7) is 3.66. The molecule has 0 spiro atoms. The van der Waals surface area contributed by atoms with Gasteiger partial charge in [-0.1, -0.05) is 11.6 Å². The third-order valence-electron chi connectivity index (χ3n) is 3.27. The first-order valence-electron chi connectivity index (χ1n) is 5.96. The molecule has 0 saturated heterocycles. The van der Waals surface area contributed by atoms with Gasteiger partial charge in [-0.15, -0.1) is 11.3 Å². The van der Waals surface area contributed by atoms with E-state index in [1.807, 2.05) is 18.4 Å². The van der Waals surface area contributed by atoms with E-state index in [-0.39, 0.29) is 0 Å². The van der Waals surface area contributed by atoms with Crippen LogP contribution in [-0.2, 0) is 4.74 Å². The van der Waals surface area contributed by atoms with Crippen molar-refractivity contribution < 1.29 is 9.53 Å². The van der Waals surface area contributed by atoms with Crippen molar-refractivity contribution in [3.8, 4) is 0 Å². The number of carbonyl (C=O) groups is 1. The number of fused-ring (bicyclic) bond motifs is 3. The number of carbonyl (C=O) groups excluding carboxylic acids is 1. The number of thiophene rings is 1. The lowest BCUT2D eigenvalue weighted by atomic mass is 10.0.